The fraction of sp³-hybridized carbons (Fsp3) is 1.00. The van der Waals surface area contributed by atoms with Gasteiger partial charge in [0.2, 0.25) is 0 Å². The third kappa shape index (κ3) is 2.94. The molecule has 3 nitrogen and oxygen atoms in total. The average Bonchev–Trinajstić information content (AvgIpc) is 2.10. The van der Waals surface area contributed by atoms with Gasteiger partial charge in [-0.15, -0.1) is 0 Å². The van der Waals surface area contributed by atoms with Gasteiger partial charge in [0.1, 0.15) is 0 Å². The zero-order valence-corrected chi connectivity index (χ0v) is 9.73. The van der Waals surface area contributed by atoms with Gasteiger partial charge in [-0.3, -0.25) is 0 Å². The monoisotopic (exact) mass is 200 g/mol. The average molecular weight is 200 g/mol. The van der Waals surface area contributed by atoms with E-state index in [-0.39, 0.29) is 5.41 Å². The summed E-state index contributed by atoms with van der Waals surface area (Å²) >= 11 is 0. The number of ether oxygens (including phenoxy) is 1. The lowest BCUT2D eigenvalue weighted by Gasteiger charge is -2.41. The molecule has 1 saturated heterocycles. The maximum absolute atomic E-state index is 5.73. The summed E-state index contributed by atoms with van der Waals surface area (Å²) in [4.78, 5) is 0. The summed E-state index contributed by atoms with van der Waals surface area (Å²) in [7, 11) is 0. The molecule has 0 amide bonds. The Morgan fingerprint density at radius 1 is 1.43 bits per heavy atom. The summed E-state index contributed by atoms with van der Waals surface area (Å²) in [6.07, 6.45) is 1.20. The van der Waals surface area contributed by atoms with Crippen molar-refractivity contribution in [1.82, 2.24) is 5.32 Å². The second-order valence-corrected chi connectivity index (χ2v) is 5.32. The van der Waals surface area contributed by atoms with Crippen LogP contribution in [0.2, 0.25) is 0 Å². The Hall–Kier alpha value is -0.120. The van der Waals surface area contributed by atoms with Crippen LogP contribution in [0.25, 0.3) is 0 Å². The van der Waals surface area contributed by atoms with Crippen LogP contribution in [-0.4, -0.2) is 32.8 Å². The van der Waals surface area contributed by atoms with Gasteiger partial charge >= 0.3 is 0 Å². The molecule has 1 heterocycles. The first-order valence-electron chi connectivity index (χ1n) is 5.52. The molecule has 0 radical (unpaired) electrons. The topological polar surface area (TPSA) is 47.3 Å². The minimum atomic E-state index is 0.226. The molecule has 0 bridgehead atoms. The first-order chi connectivity index (χ1) is 6.54. The zero-order chi connectivity index (χ0) is 10.7. The summed E-state index contributed by atoms with van der Waals surface area (Å²) < 4.78 is 5.22. The third-order valence-electron chi connectivity index (χ3n) is 3.31. The SMILES string of the molecule is CCC(C)(C)CNCC1(CN)COC1. The summed E-state index contributed by atoms with van der Waals surface area (Å²) in [5, 5.41) is 3.51. The molecule has 0 spiro atoms. The fourth-order valence-corrected chi connectivity index (χ4v) is 1.47. The van der Waals surface area contributed by atoms with E-state index in [9.17, 15) is 0 Å². The summed E-state index contributed by atoms with van der Waals surface area (Å²) in [6.45, 7) is 11.2. The van der Waals surface area contributed by atoms with E-state index in [2.05, 4.69) is 26.1 Å². The zero-order valence-electron chi connectivity index (χ0n) is 9.73. The molecule has 0 saturated carbocycles. The second-order valence-electron chi connectivity index (χ2n) is 5.32. The van der Waals surface area contributed by atoms with Gasteiger partial charge in [0.15, 0.2) is 0 Å². The van der Waals surface area contributed by atoms with Gasteiger partial charge in [-0.1, -0.05) is 20.8 Å². The van der Waals surface area contributed by atoms with Crippen LogP contribution in [0.3, 0.4) is 0 Å². The smallest absolute Gasteiger partial charge is 0.0569 e. The van der Waals surface area contributed by atoms with Crippen molar-refractivity contribution in [1.29, 1.82) is 0 Å². The Kier molecular flexibility index (Phi) is 3.93. The number of hydrogen-bond acceptors (Lipinski definition) is 3. The molecule has 0 aromatic rings. The van der Waals surface area contributed by atoms with Gasteiger partial charge in [0.05, 0.1) is 13.2 Å². The molecule has 1 aliphatic heterocycles. The lowest BCUT2D eigenvalue weighted by atomic mass is 9.85. The molecule has 14 heavy (non-hydrogen) atoms. The number of nitrogens with one attached hydrogen (secondary N) is 1. The predicted octanol–water partition coefficient (Wildman–Crippen LogP) is 0.988. The number of nitrogens with two attached hydrogens (primary N) is 1. The van der Waals surface area contributed by atoms with Gasteiger partial charge in [0, 0.05) is 25.0 Å². The lowest BCUT2D eigenvalue weighted by Crippen LogP contribution is -2.55. The van der Waals surface area contributed by atoms with E-state index < -0.39 is 0 Å². The van der Waals surface area contributed by atoms with Crippen LogP contribution in [0.4, 0.5) is 0 Å². The highest BCUT2D eigenvalue weighted by molar-refractivity contribution is 4.89. The molecule has 0 aromatic heterocycles. The minimum absolute atomic E-state index is 0.226. The van der Waals surface area contributed by atoms with Crippen molar-refractivity contribution >= 4 is 0 Å². The van der Waals surface area contributed by atoms with E-state index in [1.54, 1.807) is 0 Å². The predicted molar refractivity (Wildman–Crippen MR) is 59.2 cm³/mol. The van der Waals surface area contributed by atoms with Crippen molar-refractivity contribution in [2.75, 3.05) is 32.8 Å². The van der Waals surface area contributed by atoms with Crippen molar-refractivity contribution in [3.63, 3.8) is 0 Å². The highest BCUT2D eigenvalue weighted by Crippen LogP contribution is 2.25. The largest absolute Gasteiger partial charge is 0.380 e. The summed E-state index contributed by atoms with van der Waals surface area (Å²) in [5.41, 5.74) is 6.35. The summed E-state index contributed by atoms with van der Waals surface area (Å²) in [6, 6.07) is 0. The van der Waals surface area contributed by atoms with E-state index in [0.717, 1.165) is 32.8 Å². The van der Waals surface area contributed by atoms with Crippen LogP contribution in [0.1, 0.15) is 27.2 Å². The van der Waals surface area contributed by atoms with Crippen LogP contribution in [-0.2, 0) is 4.74 Å². The Balaban J connectivity index is 2.20. The van der Waals surface area contributed by atoms with Crippen LogP contribution >= 0.6 is 0 Å². The van der Waals surface area contributed by atoms with Gasteiger partial charge in [-0.05, 0) is 11.8 Å². The summed E-state index contributed by atoms with van der Waals surface area (Å²) in [5.74, 6) is 0. The van der Waals surface area contributed by atoms with Crippen LogP contribution in [0.5, 0.6) is 0 Å². The molecule has 84 valence electrons. The normalized spacial score (nSPS) is 20.6. The molecular formula is C11H24N2O. The van der Waals surface area contributed by atoms with Crippen molar-refractivity contribution in [3.8, 4) is 0 Å². The Morgan fingerprint density at radius 3 is 2.43 bits per heavy atom. The van der Waals surface area contributed by atoms with Gasteiger partial charge in [-0.25, -0.2) is 0 Å². The molecule has 0 unspecified atom stereocenters. The van der Waals surface area contributed by atoms with Crippen molar-refractivity contribution in [3.05, 3.63) is 0 Å². The fourth-order valence-electron chi connectivity index (χ4n) is 1.47. The van der Waals surface area contributed by atoms with Crippen molar-refractivity contribution in [2.45, 2.75) is 27.2 Å². The number of hydrogen-bond donors (Lipinski definition) is 2. The number of rotatable bonds is 6. The van der Waals surface area contributed by atoms with E-state index >= 15 is 0 Å². The van der Waals surface area contributed by atoms with Gasteiger partial charge < -0.3 is 15.8 Å². The van der Waals surface area contributed by atoms with E-state index in [4.69, 9.17) is 10.5 Å². The first-order valence-corrected chi connectivity index (χ1v) is 5.52. The first kappa shape index (κ1) is 12.0. The molecule has 0 aliphatic carbocycles. The second kappa shape index (κ2) is 4.60. The van der Waals surface area contributed by atoms with Crippen molar-refractivity contribution in [2.24, 2.45) is 16.6 Å². The van der Waals surface area contributed by atoms with E-state index in [1.807, 2.05) is 0 Å². The Bertz CT molecular complexity index is 171. The molecular weight excluding hydrogens is 176 g/mol. The molecule has 0 aromatic carbocycles. The minimum Gasteiger partial charge on any atom is -0.380 e. The Morgan fingerprint density at radius 2 is 2.07 bits per heavy atom. The molecule has 1 rings (SSSR count). The van der Waals surface area contributed by atoms with E-state index in [0.29, 0.717) is 5.41 Å². The van der Waals surface area contributed by atoms with Gasteiger partial charge in [-0.2, -0.15) is 0 Å². The van der Waals surface area contributed by atoms with Crippen LogP contribution in [0, 0.1) is 10.8 Å². The highest BCUT2D eigenvalue weighted by atomic mass is 16.5. The third-order valence-corrected chi connectivity index (χ3v) is 3.31. The lowest BCUT2D eigenvalue weighted by molar-refractivity contribution is -0.105. The molecule has 1 aliphatic rings. The maximum Gasteiger partial charge on any atom is 0.0569 e. The Labute approximate surface area is 87.4 Å². The van der Waals surface area contributed by atoms with E-state index in [1.165, 1.54) is 6.42 Å². The quantitative estimate of drug-likeness (QED) is 0.672. The van der Waals surface area contributed by atoms with Crippen LogP contribution in [0.15, 0.2) is 0 Å². The van der Waals surface area contributed by atoms with Gasteiger partial charge in [0.25, 0.3) is 0 Å². The van der Waals surface area contributed by atoms with Crippen molar-refractivity contribution < 1.29 is 4.74 Å². The van der Waals surface area contributed by atoms with Crippen LogP contribution < -0.4 is 11.1 Å². The highest BCUT2D eigenvalue weighted by Gasteiger charge is 2.37. The molecule has 0 atom stereocenters. The molecule has 3 N–H and O–H groups in total. The molecule has 1 fully saturated rings. The molecule has 3 heteroatoms. The maximum atomic E-state index is 5.73. The standard InChI is InChI=1S/C11H24N2O/c1-4-10(2,3)6-13-7-11(5-12)8-14-9-11/h13H,4-9,12H2,1-3H3.